The third-order valence-electron chi connectivity index (χ3n) is 3.50. The zero-order chi connectivity index (χ0) is 16.8. The Morgan fingerprint density at radius 2 is 2.00 bits per heavy atom. The second kappa shape index (κ2) is 5.73. The van der Waals surface area contributed by atoms with Crippen LogP contribution < -0.4 is 4.74 Å². The van der Waals surface area contributed by atoms with Gasteiger partial charge in [-0.2, -0.15) is 14.7 Å². The average Bonchev–Trinajstić information content (AvgIpc) is 3.23. The lowest BCUT2D eigenvalue weighted by Gasteiger charge is -2.03. The van der Waals surface area contributed by atoms with Gasteiger partial charge in [0.1, 0.15) is 16.5 Å². The van der Waals surface area contributed by atoms with Crippen LogP contribution in [0.1, 0.15) is 0 Å². The van der Waals surface area contributed by atoms with Crippen molar-refractivity contribution in [3.05, 3.63) is 34.4 Å². The van der Waals surface area contributed by atoms with Crippen molar-refractivity contribution >= 4 is 39.5 Å². The van der Waals surface area contributed by atoms with E-state index in [-0.39, 0.29) is 0 Å². The zero-order valence-electron chi connectivity index (χ0n) is 12.6. The number of fused-ring (bicyclic) bond motifs is 1. The fraction of sp³-hybridized carbons (Fsp3) is 0.143. The van der Waals surface area contributed by atoms with E-state index in [2.05, 4.69) is 20.4 Å². The molecule has 0 atom stereocenters. The van der Waals surface area contributed by atoms with Crippen molar-refractivity contribution in [1.82, 2.24) is 29.6 Å². The van der Waals surface area contributed by atoms with Gasteiger partial charge in [-0.25, -0.2) is 0 Å². The lowest BCUT2D eigenvalue weighted by atomic mass is 10.2. The Bertz CT molecular complexity index is 1030. The predicted molar refractivity (Wildman–Crippen MR) is 92.9 cm³/mol. The molecule has 0 radical (unpaired) electrons. The van der Waals surface area contributed by atoms with Gasteiger partial charge in [0.05, 0.1) is 23.4 Å². The molecule has 0 aliphatic rings. The second-order valence-electron chi connectivity index (χ2n) is 4.94. The first-order valence-corrected chi connectivity index (χ1v) is 8.39. The molecule has 0 amide bonds. The fourth-order valence-corrected chi connectivity index (χ4v) is 3.69. The fourth-order valence-electron chi connectivity index (χ4n) is 2.34. The van der Waals surface area contributed by atoms with Crippen LogP contribution in [0.5, 0.6) is 5.75 Å². The summed E-state index contributed by atoms with van der Waals surface area (Å²) in [6.07, 6.45) is 1.56. The quantitative estimate of drug-likeness (QED) is 0.543. The maximum absolute atomic E-state index is 6.19. The number of aromatic nitrogens is 6. The molecule has 4 aromatic rings. The Labute approximate surface area is 150 Å². The Morgan fingerprint density at radius 1 is 1.17 bits per heavy atom. The molecule has 0 saturated heterocycles. The SMILES string of the molecule is COc1ccc(-c2nn3c(-c4c(Cl)cnn4C)nnc3s2)cc1Cl. The Kier molecular flexibility index (Phi) is 3.67. The number of benzene rings is 1. The van der Waals surface area contributed by atoms with E-state index in [1.165, 1.54) is 11.3 Å². The van der Waals surface area contributed by atoms with E-state index in [4.69, 9.17) is 27.9 Å². The highest BCUT2D eigenvalue weighted by atomic mass is 35.5. The molecule has 0 aliphatic heterocycles. The van der Waals surface area contributed by atoms with Crippen LogP contribution >= 0.6 is 34.5 Å². The molecule has 3 heterocycles. The van der Waals surface area contributed by atoms with E-state index in [1.54, 1.807) is 35.6 Å². The van der Waals surface area contributed by atoms with Gasteiger partial charge in [0.2, 0.25) is 10.8 Å². The summed E-state index contributed by atoms with van der Waals surface area (Å²) >= 11 is 13.8. The minimum absolute atomic E-state index is 0.494. The van der Waals surface area contributed by atoms with Crippen molar-refractivity contribution in [1.29, 1.82) is 0 Å². The Hall–Kier alpha value is -2.16. The van der Waals surface area contributed by atoms with Crippen LogP contribution in [-0.2, 0) is 7.05 Å². The van der Waals surface area contributed by atoms with Crippen LogP contribution in [0.2, 0.25) is 10.0 Å². The van der Waals surface area contributed by atoms with E-state index >= 15 is 0 Å². The van der Waals surface area contributed by atoms with Gasteiger partial charge in [0, 0.05) is 12.6 Å². The maximum atomic E-state index is 6.19. The van der Waals surface area contributed by atoms with Gasteiger partial charge in [0.15, 0.2) is 0 Å². The molecule has 0 spiro atoms. The van der Waals surface area contributed by atoms with Crippen LogP contribution in [0.3, 0.4) is 0 Å². The van der Waals surface area contributed by atoms with Crippen molar-refractivity contribution < 1.29 is 4.74 Å². The standard InChI is InChI=1S/C14H10Cl2N6OS/c1-21-11(9(16)6-17-21)12-18-19-14-22(12)20-13(24-14)7-3-4-10(23-2)8(15)5-7/h3-6H,1-2H3. The summed E-state index contributed by atoms with van der Waals surface area (Å²) in [5, 5.41) is 18.8. The summed E-state index contributed by atoms with van der Waals surface area (Å²) in [5.74, 6) is 1.16. The van der Waals surface area contributed by atoms with Gasteiger partial charge in [-0.3, -0.25) is 4.68 Å². The van der Waals surface area contributed by atoms with Gasteiger partial charge in [-0.1, -0.05) is 34.5 Å². The highest BCUT2D eigenvalue weighted by Gasteiger charge is 2.20. The smallest absolute Gasteiger partial charge is 0.235 e. The molecule has 24 heavy (non-hydrogen) atoms. The van der Waals surface area contributed by atoms with Gasteiger partial charge >= 0.3 is 0 Å². The van der Waals surface area contributed by atoms with Gasteiger partial charge in [0.25, 0.3) is 0 Å². The number of ether oxygens (including phenoxy) is 1. The largest absolute Gasteiger partial charge is 0.495 e. The summed E-state index contributed by atoms with van der Waals surface area (Å²) < 4.78 is 8.47. The number of hydrogen-bond donors (Lipinski definition) is 0. The van der Waals surface area contributed by atoms with E-state index in [0.717, 1.165) is 10.6 Å². The molecular formula is C14H10Cl2N6OS. The van der Waals surface area contributed by atoms with Crippen molar-refractivity contribution in [2.24, 2.45) is 7.05 Å². The van der Waals surface area contributed by atoms with Crippen molar-refractivity contribution in [3.63, 3.8) is 0 Å². The second-order valence-corrected chi connectivity index (χ2v) is 6.71. The summed E-state index contributed by atoms with van der Waals surface area (Å²) in [4.78, 5) is 0.657. The van der Waals surface area contributed by atoms with Crippen LogP contribution in [-0.4, -0.2) is 36.7 Å². The number of halogens is 2. The van der Waals surface area contributed by atoms with E-state index in [9.17, 15) is 0 Å². The molecule has 0 saturated carbocycles. The first-order chi connectivity index (χ1) is 11.6. The molecule has 3 aromatic heterocycles. The molecule has 0 bridgehead atoms. The highest BCUT2D eigenvalue weighted by Crippen LogP contribution is 2.34. The van der Waals surface area contributed by atoms with Crippen molar-refractivity contribution in [2.75, 3.05) is 7.11 Å². The minimum atomic E-state index is 0.494. The number of nitrogens with zero attached hydrogens (tertiary/aromatic N) is 6. The summed E-state index contributed by atoms with van der Waals surface area (Å²) in [5.41, 5.74) is 1.53. The van der Waals surface area contributed by atoms with Crippen LogP contribution in [0.15, 0.2) is 24.4 Å². The van der Waals surface area contributed by atoms with Crippen molar-refractivity contribution in [2.45, 2.75) is 0 Å². The molecular weight excluding hydrogens is 371 g/mol. The molecule has 0 N–H and O–H groups in total. The summed E-state index contributed by atoms with van der Waals surface area (Å²) in [6, 6.07) is 5.51. The number of methoxy groups -OCH3 is 1. The Balaban J connectivity index is 1.84. The number of hydrogen-bond acceptors (Lipinski definition) is 6. The lowest BCUT2D eigenvalue weighted by molar-refractivity contribution is 0.415. The molecule has 4 rings (SSSR count). The predicted octanol–water partition coefficient (Wildman–Crippen LogP) is 3.57. The number of aryl methyl sites for hydroxylation is 1. The third kappa shape index (κ3) is 2.34. The van der Waals surface area contributed by atoms with Gasteiger partial charge < -0.3 is 4.74 Å². The molecule has 122 valence electrons. The first-order valence-electron chi connectivity index (χ1n) is 6.82. The lowest BCUT2D eigenvalue weighted by Crippen LogP contribution is -1.99. The van der Waals surface area contributed by atoms with E-state index < -0.39 is 0 Å². The molecule has 0 unspecified atom stereocenters. The molecule has 7 nitrogen and oxygen atoms in total. The zero-order valence-corrected chi connectivity index (χ0v) is 14.9. The molecule has 0 fully saturated rings. The average molecular weight is 381 g/mol. The topological polar surface area (TPSA) is 70.1 Å². The van der Waals surface area contributed by atoms with Gasteiger partial charge in [-0.15, -0.1) is 10.2 Å². The monoisotopic (exact) mass is 380 g/mol. The van der Waals surface area contributed by atoms with Crippen LogP contribution in [0, 0.1) is 0 Å². The molecule has 0 aliphatic carbocycles. The van der Waals surface area contributed by atoms with Crippen LogP contribution in [0.4, 0.5) is 0 Å². The first kappa shape index (κ1) is 15.4. The number of rotatable bonds is 3. The van der Waals surface area contributed by atoms with Gasteiger partial charge in [-0.05, 0) is 18.2 Å². The minimum Gasteiger partial charge on any atom is -0.495 e. The molecule has 10 heteroatoms. The maximum Gasteiger partial charge on any atom is 0.235 e. The molecule has 1 aromatic carbocycles. The van der Waals surface area contributed by atoms with Crippen LogP contribution in [0.25, 0.3) is 27.1 Å². The normalized spacial score (nSPS) is 11.3. The summed E-state index contributed by atoms with van der Waals surface area (Å²) in [6.45, 7) is 0. The highest BCUT2D eigenvalue weighted by molar-refractivity contribution is 7.19. The van der Waals surface area contributed by atoms with E-state index in [0.29, 0.717) is 32.3 Å². The van der Waals surface area contributed by atoms with E-state index in [1.807, 2.05) is 12.1 Å². The third-order valence-corrected chi connectivity index (χ3v) is 5.02. The van der Waals surface area contributed by atoms with Crippen molar-refractivity contribution in [3.8, 4) is 27.8 Å². The Morgan fingerprint density at radius 3 is 2.67 bits per heavy atom. The summed E-state index contributed by atoms with van der Waals surface area (Å²) in [7, 11) is 3.37.